The van der Waals surface area contributed by atoms with Gasteiger partial charge in [0.2, 0.25) is 11.8 Å². The van der Waals surface area contributed by atoms with Crippen molar-refractivity contribution in [2.75, 3.05) is 19.0 Å². The molecule has 0 saturated heterocycles. The Morgan fingerprint density at radius 3 is 2.95 bits per heavy atom. The molecule has 0 fully saturated rings. The average Bonchev–Trinajstić information content (AvgIpc) is 2.82. The second-order valence-electron chi connectivity index (χ2n) is 4.10. The number of H-pyrrole nitrogens is 1. The van der Waals surface area contributed by atoms with Crippen LogP contribution in [-0.2, 0) is 6.42 Å². The Bertz CT molecular complexity index is 543. The van der Waals surface area contributed by atoms with Gasteiger partial charge in [-0.05, 0) is 41.3 Å². The third kappa shape index (κ3) is 3.66. The van der Waals surface area contributed by atoms with Crippen LogP contribution in [0.25, 0.3) is 0 Å². The number of aromatic nitrogens is 4. The van der Waals surface area contributed by atoms with E-state index in [-0.39, 0.29) is 0 Å². The first-order chi connectivity index (χ1) is 9.20. The summed E-state index contributed by atoms with van der Waals surface area (Å²) < 4.78 is 5.86. The molecule has 0 aromatic carbocycles. The molecule has 0 radical (unpaired) electrons. The molecule has 19 heavy (non-hydrogen) atoms. The van der Waals surface area contributed by atoms with Crippen LogP contribution in [0, 0.1) is 6.92 Å². The van der Waals surface area contributed by atoms with Crippen molar-refractivity contribution in [1.29, 1.82) is 0 Å². The van der Waals surface area contributed by atoms with E-state index in [2.05, 4.69) is 41.4 Å². The summed E-state index contributed by atoms with van der Waals surface area (Å²) in [7, 11) is 1.58. The zero-order valence-electron chi connectivity index (χ0n) is 10.9. The highest BCUT2D eigenvalue weighted by Crippen LogP contribution is 2.21. The van der Waals surface area contributed by atoms with E-state index in [9.17, 15) is 0 Å². The summed E-state index contributed by atoms with van der Waals surface area (Å²) in [6.45, 7) is 2.83. The first kappa shape index (κ1) is 13.8. The van der Waals surface area contributed by atoms with Gasteiger partial charge in [0.1, 0.15) is 0 Å². The Morgan fingerprint density at radius 1 is 1.42 bits per heavy atom. The number of nitrogens with zero attached hydrogens (tertiary/aromatic N) is 3. The smallest absolute Gasteiger partial charge is 0.232 e. The largest absolute Gasteiger partial charge is 0.480 e. The van der Waals surface area contributed by atoms with Crippen molar-refractivity contribution in [2.45, 2.75) is 19.8 Å². The van der Waals surface area contributed by atoms with Crippen molar-refractivity contribution in [3.05, 3.63) is 28.1 Å². The van der Waals surface area contributed by atoms with Crippen molar-refractivity contribution in [1.82, 2.24) is 20.2 Å². The van der Waals surface area contributed by atoms with Gasteiger partial charge < -0.3 is 10.1 Å². The fourth-order valence-electron chi connectivity index (χ4n) is 1.69. The van der Waals surface area contributed by atoms with Gasteiger partial charge in [-0.3, -0.25) is 5.10 Å². The first-order valence-electron chi connectivity index (χ1n) is 6.00. The molecule has 0 saturated carbocycles. The van der Waals surface area contributed by atoms with Crippen molar-refractivity contribution < 1.29 is 4.74 Å². The summed E-state index contributed by atoms with van der Waals surface area (Å²) in [6.07, 6.45) is 5.51. The maximum absolute atomic E-state index is 5.12. The van der Waals surface area contributed by atoms with Crippen LogP contribution in [0.1, 0.15) is 17.7 Å². The number of ether oxygens (including phenoxy) is 1. The van der Waals surface area contributed by atoms with E-state index in [4.69, 9.17) is 4.74 Å². The van der Waals surface area contributed by atoms with Crippen LogP contribution in [0.15, 0.2) is 16.9 Å². The van der Waals surface area contributed by atoms with Gasteiger partial charge in [-0.1, -0.05) is 0 Å². The molecular formula is C12H16BrN5O. The number of aromatic amines is 1. The molecule has 6 nitrogen and oxygen atoms in total. The van der Waals surface area contributed by atoms with Gasteiger partial charge in [0, 0.05) is 12.2 Å². The summed E-state index contributed by atoms with van der Waals surface area (Å²) in [4.78, 5) is 8.40. The Hall–Kier alpha value is -1.63. The van der Waals surface area contributed by atoms with Gasteiger partial charge in [0.05, 0.1) is 24.0 Å². The molecule has 2 rings (SSSR count). The molecule has 2 aromatic rings. The summed E-state index contributed by atoms with van der Waals surface area (Å²) in [5.74, 6) is 1.10. The third-order valence-electron chi connectivity index (χ3n) is 2.75. The molecule has 0 aliphatic carbocycles. The van der Waals surface area contributed by atoms with Crippen molar-refractivity contribution in [2.24, 2.45) is 0 Å². The van der Waals surface area contributed by atoms with Gasteiger partial charge in [0.25, 0.3) is 0 Å². The predicted octanol–water partition coefficient (Wildman–Crippen LogP) is 2.32. The van der Waals surface area contributed by atoms with Crippen molar-refractivity contribution >= 4 is 21.9 Å². The number of hydrogen-bond acceptors (Lipinski definition) is 5. The third-order valence-corrected chi connectivity index (χ3v) is 3.29. The molecule has 2 aromatic heterocycles. The van der Waals surface area contributed by atoms with Gasteiger partial charge in [-0.15, -0.1) is 0 Å². The Balaban J connectivity index is 1.81. The SMILES string of the molecule is COc1nc(NCCCc2cn[nH]c2C)ncc1Br. The highest BCUT2D eigenvalue weighted by molar-refractivity contribution is 9.10. The first-order valence-corrected chi connectivity index (χ1v) is 6.79. The van der Waals surface area contributed by atoms with Gasteiger partial charge in [-0.25, -0.2) is 4.98 Å². The standard InChI is InChI=1S/C12H16BrN5O/c1-8-9(6-16-18-8)4-3-5-14-12-15-7-10(13)11(17-12)19-2/h6-7H,3-5H2,1-2H3,(H,16,18)(H,14,15,17). The van der Waals surface area contributed by atoms with Crippen LogP contribution >= 0.6 is 15.9 Å². The molecule has 0 atom stereocenters. The predicted molar refractivity (Wildman–Crippen MR) is 76.4 cm³/mol. The minimum absolute atomic E-state index is 0.531. The minimum atomic E-state index is 0.531. The Morgan fingerprint density at radius 2 is 2.26 bits per heavy atom. The van der Waals surface area contributed by atoms with Gasteiger partial charge in [0.15, 0.2) is 0 Å². The quantitative estimate of drug-likeness (QED) is 0.797. The average molecular weight is 326 g/mol. The number of rotatable bonds is 6. The second-order valence-corrected chi connectivity index (χ2v) is 4.96. The van der Waals surface area contributed by atoms with E-state index >= 15 is 0 Å². The van der Waals surface area contributed by atoms with Crippen molar-refractivity contribution in [3.63, 3.8) is 0 Å². The molecule has 2 heterocycles. The topological polar surface area (TPSA) is 75.7 Å². The lowest BCUT2D eigenvalue weighted by atomic mass is 10.1. The monoisotopic (exact) mass is 325 g/mol. The fourth-order valence-corrected chi connectivity index (χ4v) is 2.04. The number of anilines is 1. The van der Waals surface area contributed by atoms with Crippen LogP contribution in [0.3, 0.4) is 0 Å². The highest BCUT2D eigenvalue weighted by atomic mass is 79.9. The number of halogens is 1. The van der Waals surface area contributed by atoms with Crippen molar-refractivity contribution in [3.8, 4) is 5.88 Å². The summed E-state index contributed by atoms with van der Waals surface area (Å²) in [6, 6.07) is 0. The number of nitrogens with one attached hydrogen (secondary N) is 2. The fraction of sp³-hybridized carbons (Fsp3) is 0.417. The zero-order valence-corrected chi connectivity index (χ0v) is 12.5. The molecule has 0 amide bonds. The van der Waals surface area contributed by atoms with E-state index in [1.165, 1.54) is 5.56 Å². The van der Waals surface area contributed by atoms with Crippen LogP contribution in [0.2, 0.25) is 0 Å². The molecular weight excluding hydrogens is 310 g/mol. The molecule has 0 spiro atoms. The maximum atomic E-state index is 5.12. The molecule has 0 aliphatic rings. The molecule has 102 valence electrons. The van der Waals surface area contributed by atoms with Crippen LogP contribution < -0.4 is 10.1 Å². The lowest BCUT2D eigenvalue weighted by Gasteiger charge is -2.07. The Kier molecular flexibility index (Phi) is 4.73. The summed E-state index contributed by atoms with van der Waals surface area (Å²) in [5.41, 5.74) is 2.37. The number of hydrogen-bond donors (Lipinski definition) is 2. The number of aryl methyl sites for hydroxylation is 2. The molecule has 0 aliphatic heterocycles. The van der Waals surface area contributed by atoms with Crippen LogP contribution in [0.5, 0.6) is 5.88 Å². The summed E-state index contributed by atoms with van der Waals surface area (Å²) >= 11 is 3.32. The normalized spacial score (nSPS) is 10.5. The minimum Gasteiger partial charge on any atom is -0.480 e. The van der Waals surface area contributed by atoms with Crippen LogP contribution in [-0.4, -0.2) is 33.8 Å². The van der Waals surface area contributed by atoms with Gasteiger partial charge in [-0.2, -0.15) is 10.1 Å². The van der Waals surface area contributed by atoms with E-state index in [0.717, 1.165) is 29.6 Å². The van der Waals surface area contributed by atoms with E-state index in [0.29, 0.717) is 11.8 Å². The molecule has 0 unspecified atom stereocenters. The maximum Gasteiger partial charge on any atom is 0.232 e. The molecule has 0 bridgehead atoms. The molecule has 7 heteroatoms. The highest BCUT2D eigenvalue weighted by Gasteiger charge is 2.05. The lowest BCUT2D eigenvalue weighted by Crippen LogP contribution is -2.07. The van der Waals surface area contributed by atoms with Gasteiger partial charge >= 0.3 is 0 Å². The summed E-state index contributed by atoms with van der Waals surface area (Å²) in [5, 5.41) is 10.1. The van der Waals surface area contributed by atoms with E-state index in [1.807, 2.05) is 13.1 Å². The molecule has 2 N–H and O–H groups in total. The second kappa shape index (κ2) is 6.51. The Labute approximate surface area is 120 Å². The van der Waals surface area contributed by atoms with Crippen LogP contribution in [0.4, 0.5) is 5.95 Å². The zero-order chi connectivity index (χ0) is 13.7. The number of methoxy groups -OCH3 is 1. The van der Waals surface area contributed by atoms with E-state index in [1.54, 1.807) is 13.3 Å². The lowest BCUT2D eigenvalue weighted by molar-refractivity contribution is 0.394. The van der Waals surface area contributed by atoms with E-state index < -0.39 is 0 Å².